The summed E-state index contributed by atoms with van der Waals surface area (Å²) in [6.45, 7) is 0. The van der Waals surface area contributed by atoms with Crippen LogP contribution >= 0.6 is 0 Å². The minimum atomic E-state index is -0.438. The van der Waals surface area contributed by atoms with Gasteiger partial charge in [-0.2, -0.15) is 0 Å². The molecular formula is C9H7NO3. The van der Waals surface area contributed by atoms with Crippen LogP contribution in [-0.2, 0) is 0 Å². The smallest absolute Gasteiger partial charge is 0.252 e. The molecule has 0 unspecified atom stereocenters. The molecule has 0 aliphatic rings. The maximum atomic E-state index is 10.9. The molecule has 0 fully saturated rings. The fourth-order valence-electron chi connectivity index (χ4n) is 1.25. The van der Waals surface area contributed by atoms with Crippen molar-refractivity contribution in [2.24, 2.45) is 0 Å². The van der Waals surface area contributed by atoms with Gasteiger partial charge in [-0.05, 0) is 12.1 Å². The summed E-state index contributed by atoms with van der Waals surface area (Å²) < 4.78 is 0. The molecule has 0 amide bonds. The molecule has 3 N–H and O–H groups in total. The average Bonchev–Trinajstić information content (AvgIpc) is 2.07. The van der Waals surface area contributed by atoms with Crippen LogP contribution in [0, 0.1) is 0 Å². The SMILES string of the molecule is O=c1cc(O)c2cccc(O)c2[nH]1. The zero-order valence-corrected chi connectivity index (χ0v) is 6.61. The van der Waals surface area contributed by atoms with E-state index in [4.69, 9.17) is 0 Å². The first-order chi connectivity index (χ1) is 6.18. The van der Waals surface area contributed by atoms with Gasteiger partial charge in [0.1, 0.15) is 11.5 Å². The molecule has 0 aliphatic heterocycles. The van der Waals surface area contributed by atoms with Crippen molar-refractivity contribution >= 4 is 10.9 Å². The first-order valence-electron chi connectivity index (χ1n) is 3.72. The van der Waals surface area contributed by atoms with Crippen LogP contribution in [0.5, 0.6) is 11.5 Å². The average molecular weight is 177 g/mol. The van der Waals surface area contributed by atoms with Gasteiger partial charge in [-0.25, -0.2) is 0 Å². The van der Waals surface area contributed by atoms with E-state index in [1.54, 1.807) is 12.1 Å². The summed E-state index contributed by atoms with van der Waals surface area (Å²) in [4.78, 5) is 13.4. The van der Waals surface area contributed by atoms with E-state index in [2.05, 4.69) is 4.98 Å². The Kier molecular flexibility index (Phi) is 1.48. The van der Waals surface area contributed by atoms with Crippen LogP contribution in [0.15, 0.2) is 29.1 Å². The predicted molar refractivity (Wildman–Crippen MR) is 47.9 cm³/mol. The molecule has 1 heterocycles. The Bertz CT molecular complexity index is 516. The van der Waals surface area contributed by atoms with Crippen LogP contribution in [0.1, 0.15) is 0 Å². The van der Waals surface area contributed by atoms with Crippen molar-refractivity contribution in [2.75, 3.05) is 0 Å². The van der Waals surface area contributed by atoms with E-state index in [0.717, 1.165) is 6.07 Å². The van der Waals surface area contributed by atoms with E-state index in [1.807, 2.05) is 0 Å². The van der Waals surface area contributed by atoms with Gasteiger partial charge < -0.3 is 15.2 Å². The molecule has 0 saturated carbocycles. The first kappa shape index (κ1) is 7.67. The molecule has 13 heavy (non-hydrogen) atoms. The molecule has 0 atom stereocenters. The van der Waals surface area contributed by atoms with Gasteiger partial charge in [0.15, 0.2) is 0 Å². The number of nitrogens with one attached hydrogen (secondary N) is 1. The van der Waals surface area contributed by atoms with Crippen molar-refractivity contribution in [3.05, 3.63) is 34.6 Å². The van der Waals surface area contributed by atoms with Gasteiger partial charge in [-0.3, -0.25) is 4.79 Å². The van der Waals surface area contributed by atoms with E-state index in [1.165, 1.54) is 6.07 Å². The van der Waals surface area contributed by atoms with Crippen molar-refractivity contribution in [3.8, 4) is 11.5 Å². The quantitative estimate of drug-likeness (QED) is 0.560. The van der Waals surface area contributed by atoms with Crippen LogP contribution < -0.4 is 5.56 Å². The van der Waals surface area contributed by atoms with Gasteiger partial charge in [-0.1, -0.05) is 6.07 Å². The predicted octanol–water partition coefficient (Wildman–Crippen LogP) is 0.939. The minimum absolute atomic E-state index is 0.0505. The Morgan fingerprint density at radius 1 is 1.15 bits per heavy atom. The number of H-pyrrole nitrogens is 1. The van der Waals surface area contributed by atoms with Crippen molar-refractivity contribution < 1.29 is 10.2 Å². The van der Waals surface area contributed by atoms with E-state index >= 15 is 0 Å². The monoisotopic (exact) mass is 177 g/mol. The van der Waals surface area contributed by atoms with Gasteiger partial charge in [0.25, 0.3) is 5.56 Å². The zero-order valence-electron chi connectivity index (χ0n) is 6.61. The van der Waals surface area contributed by atoms with E-state index in [-0.39, 0.29) is 17.0 Å². The van der Waals surface area contributed by atoms with Crippen LogP contribution in [0.3, 0.4) is 0 Å². The highest BCUT2D eigenvalue weighted by molar-refractivity contribution is 5.88. The molecule has 0 bridgehead atoms. The molecule has 4 heteroatoms. The van der Waals surface area contributed by atoms with Gasteiger partial charge >= 0.3 is 0 Å². The lowest BCUT2D eigenvalue weighted by molar-refractivity contribution is 0.473. The van der Waals surface area contributed by atoms with Crippen molar-refractivity contribution in [1.29, 1.82) is 0 Å². The Morgan fingerprint density at radius 3 is 2.69 bits per heavy atom. The Morgan fingerprint density at radius 2 is 1.92 bits per heavy atom. The normalized spacial score (nSPS) is 10.5. The molecule has 1 aromatic heterocycles. The molecule has 2 aromatic rings. The largest absolute Gasteiger partial charge is 0.507 e. The molecule has 0 aliphatic carbocycles. The second kappa shape index (κ2) is 2.52. The number of hydrogen-bond donors (Lipinski definition) is 3. The van der Waals surface area contributed by atoms with Crippen LogP contribution in [0.2, 0.25) is 0 Å². The molecule has 2 rings (SSSR count). The minimum Gasteiger partial charge on any atom is -0.507 e. The number of para-hydroxylation sites is 1. The number of benzene rings is 1. The Balaban J connectivity index is 3.03. The third-order valence-corrected chi connectivity index (χ3v) is 1.83. The maximum absolute atomic E-state index is 10.9. The molecule has 4 nitrogen and oxygen atoms in total. The van der Waals surface area contributed by atoms with Crippen LogP contribution in [0.4, 0.5) is 0 Å². The highest BCUT2D eigenvalue weighted by Crippen LogP contribution is 2.26. The number of aromatic nitrogens is 1. The van der Waals surface area contributed by atoms with Gasteiger partial charge in [0.05, 0.1) is 5.52 Å². The molecule has 1 aromatic carbocycles. The number of phenols is 1. The number of pyridine rings is 1. The lowest BCUT2D eigenvalue weighted by Crippen LogP contribution is -2.02. The maximum Gasteiger partial charge on any atom is 0.252 e. The fourth-order valence-corrected chi connectivity index (χ4v) is 1.25. The standard InChI is InChI=1S/C9H7NO3/c11-6-3-1-2-5-7(12)4-8(13)10-9(5)6/h1-4,11H,(H2,10,12,13). The van der Waals surface area contributed by atoms with Crippen LogP contribution in [-0.4, -0.2) is 15.2 Å². The Labute approximate surface area is 73.1 Å². The molecule has 0 saturated heterocycles. The lowest BCUT2D eigenvalue weighted by Gasteiger charge is -2.01. The highest BCUT2D eigenvalue weighted by atomic mass is 16.3. The van der Waals surface area contributed by atoms with E-state index < -0.39 is 5.56 Å². The molecule has 0 spiro atoms. The van der Waals surface area contributed by atoms with Gasteiger partial charge in [0.2, 0.25) is 0 Å². The second-order valence-electron chi connectivity index (χ2n) is 2.72. The number of hydrogen-bond acceptors (Lipinski definition) is 3. The van der Waals surface area contributed by atoms with Gasteiger partial charge in [-0.15, -0.1) is 0 Å². The van der Waals surface area contributed by atoms with Gasteiger partial charge in [0, 0.05) is 11.5 Å². The summed E-state index contributed by atoms with van der Waals surface area (Å²) in [7, 11) is 0. The molecule has 0 radical (unpaired) electrons. The summed E-state index contributed by atoms with van der Waals surface area (Å²) in [6, 6.07) is 5.72. The zero-order chi connectivity index (χ0) is 9.42. The van der Waals surface area contributed by atoms with E-state index in [0.29, 0.717) is 5.39 Å². The number of rotatable bonds is 0. The Hall–Kier alpha value is -1.97. The van der Waals surface area contributed by atoms with E-state index in [9.17, 15) is 15.0 Å². The first-order valence-corrected chi connectivity index (χ1v) is 3.72. The molecule has 66 valence electrons. The third-order valence-electron chi connectivity index (χ3n) is 1.83. The highest BCUT2D eigenvalue weighted by Gasteiger charge is 2.04. The van der Waals surface area contributed by atoms with Crippen molar-refractivity contribution in [2.45, 2.75) is 0 Å². The topological polar surface area (TPSA) is 73.3 Å². The fraction of sp³-hybridized carbons (Fsp3) is 0. The number of aromatic amines is 1. The lowest BCUT2D eigenvalue weighted by atomic mass is 10.2. The van der Waals surface area contributed by atoms with Crippen molar-refractivity contribution in [3.63, 3.8) is 0 Å². The van der Waals surface area contributed by atoms with Crippen molar-refractivity contribution in [1.82, 2.24) is 4.98 Å². The summed E-state index contributed by atoms with van der Waals surface area (Å²) in [6.07, 6.45) is 0. The molecular weight excluding hydrogens is 170 g/mol. The number of aromatic hydroxyl groups is 2. The summed E-state index contributed by atoms with van der Waals surface area (Å²) in [5, 5.41) is 19.1. The van der Waals surface area contributed by atoms with Crippen LogP contribution in [0.25, 0.3) is 10.9 Å². The third kappa shape index (κ3) is 1.12. The summed E-state index contributed by atoms with van der Waals surface area (Å²) in [5.74, 6) is -0.180. The second-order valence-corrected chi connectivity index (χ2v) is 2.72. The summed E-state index contributed by atoms with van der Waals surface area (Å²) >= 11 is 0. The number of fused-ring (bicyclic) bond motifs is 1. The summed E-state index contributed by atoms with van der Waals surface area (Å²) in [5.41, 5.74) is -0.181. The number of phenolic OH excluding ortho intramolecular Hbond substituents is 1.